The van der Waals surface area contributed by atoms with Crippen molar-refractivity contribution in [3.63, 3.8) is 0 Å². The number of hydrogen-bond donors (Lipinski definition) is 2. The van der Waals surface area contributed by atoms with Gasteiger partial charge in [0.25, 0.3) is 0 Å². The van der Waals surface area contributed by atoms with Crippen molar-refractivity contribution < 1.29 is 9.21 Å². The first-order valence-electron chi connectivity index (χ1n) is 5.04. The molecule has 1 aromatic rings. The molecule has 1 amide bonds. The second-order valence-electron chi connectivity index (χ2n) is 3.89. The molecule has 0 aliphatic carbocycles. The number of hydrogen-bond acceptors (Lipinski definition) is 3. The molecule has 1 aromatic heterocycles. The molecule has 0 aromatic carbocycles. The summed E-state index contributed by atoms with van der Waals surface area (Å²) >= 11 is 0. The lowest BCUT2D eigenvalue weighted by Gasteiger charge is -2.14. The molecule has 0 fully saturated rings. The van der Waals surface area contributed by atoms with Crippen LogP contribution in [0.15, 0.2) is 10.5 Å². The Morgan fingerprint density at radius 3 is 2.47 bits per heavy atom. The zero-order valence-electron chi connectivity index (χ0n) is 9.63. The lowest BCUT2D eigenvalue weighted by Crippen LogP contribution is -2.39. The maximum Gasteiger partial charge on any atom is 0.237 e. The molecule has 0 spiro atoms. The summed E-state index contributed by atoms with van der Waals surface area (Å²) in [4.78, 5) is 11.4. The third-order valence-corrected chi connectivity index (χ3v) is 2.32. The van der Waals surface area contributed by atoms with E-state index in [2.05, 4.69) is 5.32 Å². The topological polar surface area (TPSA) is 68.3 Å². The fourth-order valence-electron chi connectivity index (χ4n) is 1.50. The van der Waals surface area contributed by atoms with Crippen molar-refractivity contribution in [2.75, 3.05) is 0 Å². The lowest BCUT2D eigenvalue weighted by atomic mass is 10.1. The van der Waals surface area contributed by atoms with Gasteiger partial charge >= 0.3 is 0 Å². The van der Waals surface area contributed by atoms with Crippen molar-refractivity contribution in [2.45, 2.75) is 39.8 Å². The van der Waals surface area contributed by atoms with E-state index < -0.39 is 6.04 Å². The number of nitrogens with one attached hydrogen (secondary N) is 1. The molecule has 0 saturated heterocycles. The van der Waals surface area contributed by atoms with Gasteiger partial charge in [-0.2, -0.15) is 0 Å². The zero-order chi connectivity index (χ0) is 11.6. The average molecular weight is 210 g/mol. The van der Waals surface area contributed by atoms with E-state index in [1.54, 1.807) is 6.92 Å². The summed E-state index contributed by atoms with van der Waals surface area (Å²) in [5.74, 6) is 1.54. The van der Waals surface area contributed by atoms with Gasteiger partial charge in [-0.3, -0.25) is 4.79 Å². The van der Waals surface area contributed by atoms with Gasteiger partial charge in [-0.25, -0.2) is 0 Å². The summed E-state index contributed by atoms with van der Waals surface area (Å²) in [5, 5.41) is 2.83. The van der Waals surface area contributed by atoms with Gasteiger partial charge in [0.1, 0.15) is 11.5 Å². The number of aryl methyl sites for hydroxylation is 2. The number of rotatable bonds is 3. The molecular weight excluding hydrogens is 192 g/mol. The van der Waals surface area contributed by atoms with E-state index in [1.165, 1.54) is 0 Å². The summed E-state index contributed by atoms with van der Waals surface area (Å²) in [5.41, 5.74) is 6.47. The average Bonchev–Trinajstić information content (AvgIpc) is 2.44. The summed E-state index contributed by atoms with van der Waals surface area (Å²) < 4.78 is 5.40. The Kier molecular flexibility index (Phi) is 3.52. The van der Waals surface area contributed by atoms with Gasteiger partial charge in [-0.15, -0.1) is 0 Å². The number of furan rings is 1. The molecular formula is C11H18N2O2. The Balaban J connectivity index is 2.73. The number of nitrogens with two attached hydrogens (primary N) is 1. The van der Waals surface area contributed by atoms with Crippen molar-refractivity contribution in [3.8, 4) is 0 Å². The minimum absolute atomic E-state index is 0.0686. The van der Waals surface area contributed by atoms with Gasteiger partial charge in [0.2, 0.25) is 5.91 Å². The first-order valence-corrected chi connectivity index (χ1v) is 5.04. The first kappa shape index (κ1) is 11.8. The van der Waals surface area contributed by atoms with Crippen LogP contribution in [0.3, 0.4) is 0 Å². The molecule has 1 rings (SSSR count). The van der Waals surface area contributed by atoms with E-state index >= 15 is 0 Å². The molecule has 2 atom stereocenters. The Morgan fingerprint density at radius 2 is 2.07 bits per heavy atom. The summed E-state index contributed by atoms with van der Waals surface area (Å²) in [7, 11) is 0. The minimum Gasteiger partial charge on any atom is -0.466 e. The highest BCUT2D eigenvalue weighted by atomic mass is 16.3. The Hall–Kier alpha value is -1.29. The van der Waals surface area contributed by atoms with E-state index in [0.29, 0.717) is 0 Å². The largest absolute Gasteiger partial charge is 0.466 e. The molecule has 84 valence electrons. The maximum absolute atomic E-state index is 11.4. The van der Waals surface area contributed by atoms with Crippen LogP contribution in [0.5, 0.6) is 0 Å². The Labute approximate surface area is 89.8 Å². The van der Waals surface area contributed by atoms with Crippen LogP contribution in [0.4, 0.5) is 0 Å². The summed E-state index contributed by atoms with van der Waals surface area (Å²) in [6.07, 6.45) is 0. The van der Waals surface area contributed by atoms with Gasteiger partial charge in [0, 0.05) is 5.56 Å². The van der Waals surface area contributed by atoms with Gasteiger partial charge in [0.15, 0.2) is 0 Å². The third kappa shape index (κ3) is 2.83. The van der Waals surface area contributed by atoms with Crippen molar-refractivity contribution in [1.82, 2.24) is 5.32 Å². The minimum atomic E-state index is -0.485. The molecule has 3 N–H and O–H groups in total. The third-order valence-electron chi connectivity index (χ3n) is 2.32. The fraction of sp³-hybridized carbons (Fsp3) is 0.545. The predicted molar refractivity (Wildman–Crippen MR) is 58.4 cm³/mol. The van der Waals surface area contributed by atoms with Crippen LogP contribution in [-0.4, -0.2) is 11.9 Å². The molecule has 4 nitrogen and oxygen atoms in total. The van der Waals surface area contributed by atoms with E-state index in [0.717, 1.165) is 17.1 Å². The van der Waals surface area contributed by atoms with Gasteiger partial charge < -0.3 is 15.5 Å². The SMILES string of the molecule is Cc1cc(C(C)NC(=O)C(C)N)c(C)o1. The standard InChI is InChI=1S/C11H18N2O2/c1-6-5-10(9(4)15-6)8(3)13-11(14)7(2)12/h5,7-8H,12H2,1-4H3,(H,13,14). The number of carbonyl (C=O) groups excluding carboxylic acids is 1. The molecule has 15 heavy (non-hydrogen) atoms. The summed E-state index contributed by atoms with van der Waals surface area (Å²) in [6, 6.07) is 1.38. The van der Waals surface area contributed by atoms with Crippen LogP contribution >= 0.6 is 0 Å². The van der Waals surface area contributed by atoms with Crippen LogP contribution < -0.4 is 11.1 Å². The van der Waals surface area contributed by atoms with Crippen LogP contribution in [0.1, 0.15) is 37.0 Å². The van der Waals surface area contributed by atoms with Gasteiger partial charge in [-0.05, 0) is 33.8 Å². The monoisotopic (exact) mass is 210 g/mol. The number of amides is 1. The van der Waals surface area contributed by atoms with E-state index in [1.807, 2.05) is 26.8 Å². The van der Waals surface area contributed by atoms with Crippen LogP contribution in [0.25, 0.3) is 0 Å². The predicted octanol–water partition coefficient (Wildman–Crippen LogP) is 1.42. The van der Waals surface area contributed by atoms with E-state index in [-0.39, 0.29) is 11.9 Å². The molecule has 4 heteroatoms. The normalized spacial score (nSPS) is 14.7. The second kappa shape index (κ2) is 4.49. The highest BCUT2D eigenvalue weighted by molar-refractivity contribution is 5.81. The lowest BCUT2D eigenvalue weighted by molar-refractivity contribution is -0.122. The summed E-state index contributed by atoms with van der Waals surface area (Å²) in [6.45, 7) is 7.35. The molecule has 0 saturated carbocycles. The van der Waals surface area contributed by atoms with Crippen LogP contribution in [-0.2, 0) is 4.79 Å². The van der Waals surface area contributed by atoms with Crippen molar-refractivity contribution in [2.24, 2.45) is 5.73 Å². The molecule has 0 radical (unpaired) electrons. The Bertz CT molecular complexity index is 355. The molecule has 0 aliphatic heterocycles. The zero-order valence-corrected chi connectivity index (χ0v) is 9.63. The quantitative estimate of drug-likeness (QED) is 0.792. The van der Waals surface area contributed by atoms with Gasteiger partial charge in [-0.1, -0.05) is 0 Å². The molecule has 2 unspecified atom stereocenters. The fourth-order valence-corrected chi connectivity index (χ4v) is 1.50. The maximum atomic E-state index is 11.4. The van der Waals surface area contributed by atoms with Crippen molar-refractivity contribution in [1.29, 1.82) is 0 Å². The van der Waals surface area contributed by atoms with Crippen molar-refractivity contribution in [3.05, 3.63) is 23.2 Å². The smallest absolute Gasteiger partial charge is 0.237 e. The molecule has 1 heterocycles. The highest BCUT2D eigenvalue weighted by Crippen LogP contribution is 2.20. The molecule has 0 bridgehead atoms. The molecule has 0 aliphatic rings. The van der Waals surface area contributed by atoms with Crippen LogP contribution in [0, 0.1) is 13.8 Å². The second-order valence-corrected chi connectivity index (χ2v) is 3.89. The number of carbonyl (C=O) groups is 1. The van der Waals surface area contributed by atoms with E-state index in [4.69, 9.17) is 10.2 Å². The van der Waals surface area contributed by atoms with Crippen molar-refractivity contribution >= 4 is 5.91 Å². The van der Waals surface area contributed by atoms with E-state index in [9.17, 15) is 4.79 Å². The Morgan fingerprint density at radius 1 is 1.47 bits per heavy atom. The van der Waals surface area contributed by atoms with Crippen LogP contribution in [0.2, 0.25) is 0 Å². The first-order chi connectivity index (χ1) is 6.91. The van der Waals surface area contributed by atoms with Gasteiger partial charge in [0.05, 0.1) is 12.1 Å². The highest BCUT2D eigenvalue weighted by Gasteiger charge is 2.16.